The normalized spacial score (nSPS) is 25.4. The second kappa shape index (κ2) is 3.28. The van der Waals surface area contributed by atoms with E-state index >= 15 is 0 Å². The Balaban J connectivity index is 2.55. The van der Waals surface area contributed by atoms with Crippen molar-refractivity contribution >= 4 is 0 Å². The van der Waals surface area contributed by atoms with Crippen molar-refractivity contribution in [2.45, 2.75) is 25.7 Å². The number of ether oxygens (including phenoxy) is 1. The van der Waals surface area contributed by atoms with Gasteiger partial charge < -0.3 is 10.5 Å². The average Bonchev–Trinajstić information content (AvgIpc) is 2.20. The Hall–Kier alpha value is -1.02. The number of aryl methyl sites for hydroxylation is 1. The molecule has 2 N–H and O–H groups in total. The van der Waals surface area contributed by atoms with Crippen molar-refractivity contribution in [1.29, 1.82) is 0 Å². The van der Waals surface area contributed by atoms with Gasteiger partial charge in [0, 0.05) is 17.5 Å². The molecule has 0 aromatic heterocycles. The fourth-order valence-corrected chi connectivity index (χ4v) is 2.04. The predicted octanol–water partition coefficient (Wildman–Crippen LogP) is 1.99. The van der Waals surface area contributed by atoms with Gasteiger partial charge in [-0.1, -0.05) is 25.1 Å². The fraction of sp³-hybridized carbons (Fsp3) is 0.500. The Morgan fingerprint density at radius 1 is 1.50 bits per heavy atom. The van der Waals surface area contributed by atoms with Gasteiger partial charge in [-0.3, -0.25) is 0 Å². The van der Waals surface area contributed by atoms with Crippen LogP contribution < -0.4 is 10.5 Å². The van der Waals surface area contributed by atoms with Gasteiger partial charge in [0.05, 0.1) is 6.61 Å². The molecule has 1 atom stereocenters. The van der Waals surface area contributed by atoms with Gasteiger partial charge in [0.25, 0.3) is 0 Å². The van der Waals surface area contributed by atoms with E-state index in [1.165, 1.54) is 11.1 Å². The van der Waals surface area contributed by atoms with E-state index in [1.807, 2.05) is 0 Å². The summed E-state index contributed by atoms with van der Waals surface area (Å²) >= 11 is 0. The summed E-state index contributed by atoms with van der Waals surface area (Å²) in [4.78, 5) is 0. The lowest BCUT2D eigenvalue weighted by atomic mass is 9.77. The highest BCUT2D eigenvalue weighted by molar-refractivity contribution is 5.46. The molecule has 0 saturated carbocycles. The molecule has 2 rings (SSSR count). The van der Waals surface area contributed by atoms with Gasteiger partial charge >= 0.3 is 0 Å². The topological polar surface area (TPSA) is 35.2 Å². The third-order valence-electron chi connectivity index (χ3n) is 3.21. The third-order valence-corrected chi connectivity index (χ3v) is 3.21. The van der Waals surface area contributed by atoms with Crippen molar-refractivity contribution in [2.75, 3.05) is 13.2 Å². The molecule has 0 bridgehead atoms. The lowest BCUT2D eigenvalue weighted by molar-refractivity contribution is 0.226. The van der Waals surface area contributed by atoms with Crippen LogP contribution in [0.5, 0.6) is 5.75 Å². The number of nitrogens with two attached hydrogens (primary N) is 1. The molecule has 1 aromatic rings. The minimum absolute atomic E-state index is 0.0968. The Labute approximate surface area is 85.1 Å². The second-order valence-electron chi connectivity index (χ2n) is 4.31. The number of benzene rings is 1. The fourth-order valence-electron chi connectivity index (χ4n) is 2.04. The predicted molar refractivity (Wildman–Crippen MR) is 57.7 cm³/mol. The molecule has 0 radical (unpaired) electrons. The van der Waals surface area contributed by atoms with Crippen molar-refractivity contribution < 1.29 is 4.74 Å². The number of hydrogen-bond donors (Lipinski definition) is 1. The molecule has 0 amide bonds. The van der Waals surface area contributed by atoms with Crippen molar-refractivity contribution in [2.24, 2.45) is 5.73 Å². The summed E-state index contributed by atoms with van der Waals surface area (Å²) in [6, 6.07) is 6.30. The van der Waals surface area contributed by atoms with Crippen LogP contribution in [0.4, 0.5) is 0 Å². The van der Waals surface area contributed by atoms with Crippen LogP contribution in [0, 0.1) is 6.92 Å². The number of fused-ring (bicyclic) bond motifs is 1. The Bertz CT molecular complexity index is 348. The minimum Gasteiger partial charge on any atom is -0.493 e. The summed E-state index contributed by atoms with van der Waals surface area (Å²) in [6.07, 6.45) is 1.01. The van der Waals surface area contributed by atoms with E-state index in [-0.39, 0.29) is 5.41 Å². The van der Waals surface area contributed by atoms with E-state index in [1.54, 1.807) is 0 Å². The standard InChI is InChI=1S/C12H17NO/c1-9-4-3-5-10-11(9)14-7-6-12(10,2)8-13/h3-5H,6-8,13H2,1-2H3. The van der Waals surface area contributed by atoms with E-state index < -0.39 is 0 Å². The van der Waals surface area contributed by atoms with Gasteiger partial charge in [0.2, 0.25) is 0 Å². The van der Waals surface area contributed by atoms with E-state index in [0.717, 1.165) is 18.8 Å². The maximum atomic E-state index is 5.85. The molecule has 2 nitrogen and oxygen atoms in total. The minimum atomic E-state index is 0.0968. The maximum absolute atomic E-state index is 5.85. The van der Waals surface area contributed by atoms with Crippen molar-refractivity contribution in [3.05, 3.63) is 29.3 Å². The summed E-state index contributed by atoms with van der Waals surface area (Å²) < 4.78 is 5.70. The van der Waals surface area contributed by atoms with E-state index in [4.69, 9.17) is 10.5 Å². The maximum Gasteiger partial charge on any atom is 0.125 e. The average molecular weight is 191 g/mol. The summed E-state index contributed by atoms with van der Waals surface area (Å²) in [6.45, 7) is 5.77. The summed E-state index contributed by atoms with van der Waals surface area (Å²) in [5.41, 5.74) is 8.42. The number of para-hydroxylation sites is 1. The van der Waals surface area contributed by atoms with Crippen molar-refractivity contribution in [1.82, 2.24) is 0 Å². The monoisotopic (exact) mass is 191 g/mol. The van der Waals surface area contributed by atoms with Crippen LogP contribution in [0.2, 0.25) is 0 Å². The summed E-state index contributed by atoms with van der Waals surface area (Å²) in [5.74, 6) is 1.05. The smallest absolute Gasteiger partial charge is 0.125 e. The van der Waals surface area contributed by atoms with Gasteiger partial charge in [0.1, 0.15) is 5.75 Å². The molecule has 0 fully saturated rings. The molecule has 1 aliphatic rings. The van der Waals surface area contributed by atoms with Crippen LogP contribution in [0.3, 0.4) is 0 Å². The second-order valence-corrected chi connectivity index (χ2v) is 4.31. The van der Waals surface area contributed by atoms with E-state index in [9.17, 15) is 0 Å². The molecule has 0 aliphatic carbocycles. The molecule has 14 heavy (non-hydrogen) atoms. The molecular weight excluding hydrogens is 174 g/mol. The first-order valence-corrected chi connectivity index (χ1v) is 5.10. The molecule has 76 valence electrons. The van der Waals surface area contributed by atoms with Gasteiger partial charge in [-0.25, -0.2) is 0 Å². The first-order valence-electron chi connectivity index (χ1n) is 5.10. The van der Waals surface area contributed by atoms with Crippen LogP contribution in [0.1, 0.15) is 24.5 Å². The van der Waals surface area contributed by atoms with Gasteiger partial charge in [-0.15, -0.1) is 0 Å². The number of hydrogen-bond acceptors (Lipinski definition) is 2. The molecule has 2 heteroatoms. The van der Waals surface area contributed by atoms with E-state index in [0.29, 0.717) is 6.54 Å². The van der Waals surface area contributed by atoms with Crippen LogP contribution >= 0.6 is 0 Å². The quantitative estimate of drug-likeness (QED) is 0.736. The first kappa shape index (κ1) is 9.53. The molecule has 1 unspecified atom stereocenters. The van der Waals surface area contributed by atoms with E-state index in [2.05, 4.69) is 32.0 Å². The SMILES string of the molecule is Cc1cccc2c1OCCC2(C)CN. The molecular formula is C12H17NO. The highest BCUT2D eigenvalue weighted by atomic mass is 16.5. The molecule has 1 aromatic carbocycles. The van der Waals surface area contributed by atoms with Crippen LogP contribution in [0.15, 0.2) is 18.2 Å². The summed E-state index contributed by atoms with van der Waals surface area (Å²) in [7, 11) is 0. The zero-order chi connectivity index (χ0) is 10.2. The van der Waals surface area contributed by atoms with Gasteiger partial charge in [-0.05, 0) is 18.9 Å². The zero-order valence-corrected chi connectivity index (χ0v) is 8.84. The third kappa shape index (κ3) is 1.30. The van der Waals surface area contributed by atoms with Crippen LogP contribution in [-0.4, -0.2) is 13.2 Å². The number of rotatable bonds is 1. The van der Waals surface area contributed by atoms with Crippen LogP contribution in [0.25, 0.3) is 0 Å². The lowest BCUT2D eigenvalue weighted by Crippen LogP contribution is -2.37. The summed E-state index contributed by atoms with van der Waals surface area (Å²) in [5, 5.41) is 0. The largest absolute Gasteiger partial charge is 0.493 e. The van der Waals surface area contributed by atoms with Crippen LogP contribution in [-0.2, 0) is 5.41 Å². The molecule has 0 saturated heterocycles. The van der Waals surface area contributed by atoms with Crippen molar-refractivity contribution in [3.8, 4) is 5.75 Å². The Kier molecular flexibility index (Phi) is 2.23. The zero-order valence-electron chi connectivity index (χ0n) is 8.84. The lowest BCUT2D eigenvalue weighted by Gasteiger charge is -2.35. The van der Waals surface area contributed by atoms with Gasteiger partial charge in [-0.2, -0.15) is 0 Å². The first-order chi connectivity index (χ1) is 6.67. The van der Waals surface area contributed by atoms with Gasteiger partial charge in [0.15, 0.2) is 0 Å². The molecule has 1 heterocycles. The molecule has 0 spiro atoms. The highest BCUT2D eigenvalue weighted by Gasteiger charge is 2.32. The van der Waals surface area contributed by atoms with Crippen molar-refractivity contribution in [3.63, 3.8) is 0 Å². The Morgan fingerprint density at radius 3 is 3.00 bits per heavy atom. The highest BCUT2D eigenvalue weighted by Crippen LogP contribution is 2.39. The Morgan fingerprint density at radius 2 is 2.29 bits per heavy atom. The molecule has 1 aliphatic heterocycles.